The molecule has 0 aliphatic heterocycles. The molecule has 156 valence electrons. The largest absolute Gasteiger partial charge is 0.279 e. The van der Waals surface area contributed by atoms with Crippen LogP contribution in [0, 0.1) is 25.7 Å². The summed E-state index contributed by atoms with van der Waals surface area (Å²) >= 11 is 7.48. The summed E-state index contributed by atoms with van der Waals surface area (Å²) in [4.78, 5) is 6.35. The maximum Gasteiger partial charge on any atom is 0.261 e. The van der Waals surface area contributed by atoms with Crippen molar-refractivity contribution < 1.29 is 8.42 Å². The minimum Gasteiger partial charge on any atom is -0.279 e. The van der Waals surface area contributed by atoms with Crippen LogP contribution in [0.15, 0.2) is 59.5 Å². The van der Waals surface area contributed by atoms with E-state index >= 15 is 0 Å². The number of nitrogens with zero attached hydrogens (tertiary/aromatic N) is 1. The van der Waals surface area contributed by atoms with Gasteiger partial charge in [-0.2, -0.15) is 0 Å². The normalized spacial score (nSPS) is 11.2. The summed E-state index contributed by atoms with van der Waals surface area (Å²) in [7, 11) is -3.85. The molecule has 0 fully saturated rings. The Hall–Kier alpha value is -2.85. The number of thiophene rings is 1. The van der Waals surface area contributed by atoms with Gasteiger partial charge < -0.3 is 0 Å². The zero-order chi connectivity index (χ0) is 22.2. The second-order valence-electron chi connectivity index (χ2n) is 7.10. The van der Waals surface area contributed by atoms with Crippen LogP contribution in [0.4, 0.5) is 5.69 Å². The number of benzene rings is 2. The fourth-order valence-corrected chi connectivity index (χ4v) is 5.95. The van der Waals surface area contributed by atoms with Gasteiger partial charge in [-0.25, -0.2) is 13.4 Å². The highest BCUT2D eigenvalue weighted by molar-refractivity contribution is 7.92. The molecule has 0 aliphatic rings. The Morgan fingerprint density at radius 3 is 2.55 bits per heavy atom. The van der Waals surface area contributed by atoms with Crippen LogP contribution in [-0.2, 0) is 10.0 Å². The van der Waals surface area contributed by atoms with E-state index in [9.17, 15) is 8.42 Å². The lowest BCUT2D eigenvalue weighted by atomic mass is 10.00. The first-order valence-electron chi connectivity index (χ1n) is 9.51. The lowest BCUT2D eigenvalue weighted by Crippen LogP contribution is -2.13. The number of sulfonamides is 1. The number of rotatable bonds is 4. The van der Waals surface area contributed by atoms with Crippen LogP contribution < -0.4 is 4.72 Å². The number of aryl methyl sites for hydroxylation is 2. The third-order valence-electron chi connectivity index (χ3n) is 4.69. The maximum atomic E-state index is 13.1. The Kier molecular flexibility index (Phi) is 5.76. The monoisotopic (exact) mass is 466 g/mol. The number of halogens is 1. The molecule has 0 bridgehead atoms. The second-order valence-corrected chi connectivity index (χ2v) is 10.2. The first-order valence-corrected chi connectivity index (χ1v) is 12.2. The van der Waals surface area contributed by atoms with Crippen molar-refractivity contribution in [1.29, 1.82) is 0 Å². The summed E-state index contributed by atoms with van der Waals surface area (Å²) in [6.45, 7) is 5.65. The van der Waals surface area contributed by atoms with Crippen LogP contribution in [0.5, 0.6) is 0 Å². The molecule has 7 heteroatoms. The molecule has 4 aromatic rings. The van der Waals surface area contributed by atoms with Crippen LogP contribution in [0.2, 0.25) is 5.02 Å². The first-order chi connectivity index (χ1) is 14.8. The van der Waals surface area contributed by atoms with E-state index in [4.69, 9.17) is 11.6 Å². The molecule has 0 unspecified atom stereocenters. The van der Waals surface area contributed by atoms with E-state index in [0.29, 0.717) is 16.4 Å². The molecule has 4 nitrogen and oxygen atoms in total. The number of anilines is 1. The van der Waals surface area contributed by atoms with Crippen LogP contribution in [0.1, 0.15) is 23.1 Å². The van der Waals surface area contributed by atoms with Gasteiger partial charge in [-0.15, -0.1) is 17.3 Å². The molecule has 0 atom stereocenters. The predicted molar refractivity (Wildman–Crippen MR) is 129 cm³/mol. The maximum absolute atomic E-state index is 13.1. The van der Waals surface area contributed by atoms with Gasteiger partial charge in [0.1, 0.15) is 4.83 Å². The van der Waals surface area contributed by atoms with Crippen molar-refractivity contribution in [2.45, 2.75) is 25.7 Å². The van der Waals surface area contributed by atoms with Gasteiger partial charge in [0.2, 0.25) is 0 Å². The highest BCUT2D eigenvalue weighted by Gasteiger charge is 2.22. The zero-order valence-electron chi connectivity index (χ0n) is 17.2. The molecule has 2 heterocycles. The van der Waals surface area contributed by atoms with E-state index in [1.807, 2.05) is 32.0 Å². The van der Waals surface area contributed by atoms with Gasteiger partial charge in [-0.3, -0.25) is 4.72 Å². The molecule has 0 saturated carbocycles. The molecule has 4 rings (SSSR count). The van der Waals surface area contributed by atoms with Crippen molar-refractivity contribution in [3.05, 3.63) is 75.8 Å². The van der Waals surface area contributed by atoms with Gasteiger partial charge in [0.05, 0.1) is 15.5 Å². The van der Waals surface area contributed by atoms with Crippen LogP contribution in [0.25, 0.3) is 21.3 Å². The van der Waals surface area contributed by atoms with E-state index in [1.54, 1.807) is 25.1 Å². The smallest absolute Gasteiger partial charge is 0.261 e. The Bertz CT molecular complexity index is 1480. The lowest BCUT2D eigenvalue weighted by Gasteiger charge is -2.12. The molecule has 2 aromatic heterocycles. The fourth-order valence-electron chi connectivity index (χ4n) is 3.42. The van der Waals surface area contributed by atoms with Gasteiger partial charge in [0.15, 0.2) is 0 Å². The summed E-state index contributed by atoms with van der Waals surface area (Å²) in [5.41, 5.74) is 4.14. The Morgan fingerprint density at radius 1 is 1.06 bits per heavy atom. The fraction of sp³-hybridized carbons (Fsp3) is 0.125. The van der Waals surface area contributed by atoms with Crippen LogP contribution in [-0.4, -0.2) is 13.4 Å². The summed E-state index contributed by atoms with van der Waals surface area (Å²) in [6, 6.07) is 16.0. The predicted octanol–water partition coefficient (Wildman–Crippen LogP) is 6.41. The van der Waals surface area contributed by atoms with Crippen LogP contribution in [0.3, 0.4) is 0 Å². The summed E-state index contributed by atoms with van der Waals surface area (Å²) in [5.74, 6) is 6.13. The topological polar surface area (TPSA) is 59.1 Å². The van der Waals surface area contributed by atoms with Crippen molar-refractivity contribution in [3.8, 4) is 23.0 Å². The Morgan fingerprint density at radius 2 is 1.84 bits per heavy atom. The Balaban J connectivity index is 1.98. The number of pyridine rings is 1. The third kappa shape index (κ3) is 4.31. The molecular formula is C24H19ClN2O2S2. The standard InChI is InChI=1S/C24H19ClN2O2S2/c1-4-7-21-22(17-9-5-8-15(2)12-17)23-20(13-16(3)26-24(23)30-21)27-31(28,29)19-11-6-10-18(25)14-19/h5-6,8-14H,1-3H3,(H,26,27). The molecular weight excluding hydrogens is 448 g/mol. The lowest BCUT2D eigenvalue weighted by molar-refractivity contribution is 0.601. The van der Waals surface area contributed by atoms with Gasteiger partial charge in [0.25, 0.3) is 10.0 Å². The van der Waals surface area contributed by atoms with Gasteiger partial charge in [0, 0.05) is 21.7 Å². The molecule has 0 saturated heterocycles. The van der Waals surface area contributed by atoms with Crippen molar-refractivity contribution in [1.82, 2.24) is 4.98 Å². The molecule has 2 aromatic carbocycles. The molecule has 31 heavy (non-hydrogen) atoms. The van der Waals surface area contributed by atoms with Gasteiger partial charge >= 0.3 is 0 Å². The van der Waals surface area contributed by atoms with E-state index in [0.717, 1.165) is 31.8 Å². The van der Waals surface area contributed by atoms with E-state index < -0.39 is 10.0 Å². The minimum atomic E-state index is -3.85. The average Bonchev–Trinajstić information content (AvgIpc) is 3.06. The Labute approximate surface area is 191 Å². The molecule has 0 aliphatic carbocycles. The summed E-state index contributed by atoms with van der Waals surface area (Å²) < 4.78 is 29.0. The van der Waals surface area contributed by atoms with Crippen molar-refractivity contribution >= 4 is 48.9 Å². The number of fused-ring (bicyclic) bond motifs is 1. The molecule has 1 N–H and O–H groups in total. The van der Waals surface area contributed by atoms with E-state index in [1.165, 1.54) is 23.5 Å². The summed E-state index contributed by atoms with van der Waals surface area (Å²) in [5, 5.41) is 1.10. The number of hydrogen-bond donors (Lipinski definition) is 1. The molecule has 0 radical (unpaired) electrons. The SMILES string of the molecule is CC#Cc1sc2nc(C)cc(NS(=O)(=O)c3cccc(Cl)c3)c2c1-c1cccc(C)c1. The third-order valence-corrected chi connectivity index (χ3v) is 7.28. The van der Waals surface area contributed by atoms with Crippen LogP contribution >= 0.6 is 22.9 Å². The highest BCUT2D eigenvalue weighted by atomic mass is 35.5. The van der Waals surface area contributed by atoms with E-state index in [2.05, 4.69) is 27.6 Å². The number of nitrogens with one attached hydrogen (secondary N) is 1. The zero-order valence-corrected chi connectivity index (χ0v) is 19.5. The van der Waals surface area contributed by atoms with E-state index in [-0.39, 0.29) is 4.90 Å². The summed E-state index contributed by atoms with van der Waals surface area (Å²) in [6.07, 6.45) is 0. The van der Waals surface area contributed by atoms with Gasteiger partial charge in [-0.1, -0.05) is 53.4 Å². The molecule has 0 amide bonds. The van der Waals surface area contributed by atoms with Crippen molar-refractivity contribution in [3.63, 3.8) is 0 Å². The highest BCUT2D eigenvalue weighted by Crippen LogP contribution is 2.42. The van der Waals surface area contributed by atoms with Crippen molar-refractivity contribution in [2.75, 3.05) is 4.72 Å². The number of aromatic nitrogens is 1. The van der Waals surface area contributed by atoms with Crippen molar-refractivity contribution in [2.24, 2.45) is 0 Å². The number of hydrogen-bond acceptors (Lipinski definition) is 4. The minimum absolute atomic E-state index is 0.100. The average molecular weight is 467 g/mol. The first kappa shape index (κ1) is 21.4. The second kappa shape index (κ2) is 8.35. The quantitative estimate of drug-likeness (QED) is 0.354. The molecule has 0 spiro atoms. The van der Waals surface area contributed by atoms with Gasteiger partial charge in [-0.05, 0) is 50.6 Å².